The second-order valence-electron chi connectivity index (χ2n) is 7.52. The zero-order chi connectivity index (χ0) is 23.8. The lowest BCUT2D eigenvalue weighted by Crippen LogP contribution is -2.29. The molecule has 5 rings (SSSR count). The molecular formula is C25H18FN3O4S. The van der Waals surface area contributed by atoms with Crippen LogP contribution in [0.1, 0.15) is 24.1 Å². The van der Waals surface area contributed by atoms with E-state index in [0.717, 1.165) is 4.70 Å². The Morgan fingerprint density at radius 1 is 1.12 bits per heavy atom. The summed E-state index contributed by atoms with van der Waals surface area (Å²) in [4.78, 5) is 36.2. The van der Waals surface area contributed by atoms with Crippen molar-refractivity contribution in [3.63, 3.8) is 0 Å². The third-order valence-electron chi connectivity index (χ3n) is 5.45. The summed E-state index contributed by atoms with van der Waals surface area (Å²) >= 11 is 1.22. The smallest absolute Gasteiger partial charge is 0.301 e. The summed E-state index contributed by atoms with van der Waals surface area (Å²) in [7, 11) is 0. The van der Waals surface area contributed by atoms with Crippen LogP contribution in [0.5, 0.6) is 5.75 Å². The van der Waals surface area contributed by atoms with Gasteiger partial charge in [0.25, 0.3) is 5.78 Å². The van der Waals surface area contributed by atoms with Crippen molar-refractivity contribution in [3.8, 4) is 5.75 Å². The molecule has 1 amide bonds. The average molecular weight is 476 g/mol. The van der Waals surface area contributed by atoms with Crippen molar-refractivity contribution in [3.05, 3.63) is 89.5 Å². The Morgan fingerprint density at radius 3 is 2.56 bits per heavy atom. The highest BCUT2D eigenvalue weighted by Gasteiger charge is 2.48. The van der Waals surface area contributed by atoms with E-state index in [-0.39, 0.29) is 16.5 Å². The van der Waals surface area contributed by atoms with Gasteiger partial charge in [-0.1, -0.05) is 23.5 Å². The Morgan fingerprint density at radius 2 is 1.85 bits per heavy atom. The van der Waals surface area contributed by atoms with Gasteiger partial charge in [0, 0.05) is 18.0 Å². The van der Waals surface area contributed by atoms with Gasteiger partial charge >= 0.3 is 5.91 Å². The Hall–Kier alpha value is -4.11. The van der Waals surface area contributed by atoms with E-state index in [2.05, 4.69) is 9.97 Å². The van der Waals surface area contributed by atoms with Gasteiger partial charge in [-0.25, -0.2) is 9.37 Å². The van der Waals surface area contributed by atoms with Crippen LogP contribution in [0.4, 0.5) is 9.52 Å². The summed E-state index contributed by atoms with van der Waals surface area (Å²) in [5.74, 6) is -1.80. The molecule has 0 radical (unpaired) electrons. The summed E-state index contributed by atoms with van der Waals surface area (Å²) in [5.41, 5.74) is 1.34. The van der Waals surface area contributed by atoms with Crippen molar-refractivity contribution >= 4 is 44.1 Å². The first-order valence-corrected chi connectivity index (χ1v) is 11.3. The van der Waals surface area contributed by atoms with Gasteiger partial charge in [-0.2, -0.15) is 0 Å². The molecule has 34 heavy (non-hydrogen) atoms. The first-order chi connectivity index (χ1) is 16.5. The normalized spacial score (nSPS) is 17.5. The molecule has 0 aliphatic carbocycles. The number of ketones is 1. The van der Waals surface area contributed by atoms with Crippen LogP contribution in [-0.4, -0.2) is 33.4 Å². The number of nitrogens with zero attached hydrogens (tertiary/aromatic N) is 3. The van der Waals surface area contributed by atoms with Crippen molar-refractivity contribution in [2.45, 2.75) is 13.0 Å². The number of aliphatic hydroxyl groups excluding tert-OH is 1. The number of carbonyl (C=O) groups is 2. The maximum absolute atomic E-state index is 13.7. The molecule has 1 fully saturated rings. The Balaban J connectivity index is 1.69. The number of Topliss-reactive ketones (excluding diaryl/α,β-unsaturated/α-hetero) is 1. The molecule has 7 nitrogen and oxygen atoms in total. The lowest BCUT2D eigenvalue weighted by molar-refractivity contribution is -0.132. The van der Waals surface area contributed by atoms with E-state index in [4.69, 9.17) is 4.74 Å². The third kappa shape index (κ3) is 3.69. The van der Waals surface area contributed by atoms with Crippen LogP contribution in [0, 0.1) is 5.82 Å². The summed E-state index contributed by atoms with van der Waals surface area (Å²) < 4.78 is 20.0. The fourth-order valence-corrected chi connectivity index (χ4v) is 4.93. The average Bonchev–Trinajstić information content (AvgIpc) is 3.38. The highest BCUT2D eigenvalue weighted by Crippen LogP contribution is 2.44. The van der Waals surface area contributed by atoms with E-state index in [1.54, 1.807) is 12.1 Å². The minimum absolute atomic E-state index is 0.0999. The minimum Gasteiger partial charge on any atom is -0.507 e. The molecular weight excluding hydrogens is 457 g/mol. The Labute approximate surface area is 197 Å². The molecule has 2 aromatic carbocycles. The standard InChI is InChI=1S/C25H18FN3O4S/c1-2-33-17-7-8-18-19(13-17)34-25(28-18)29-21(14-3-5-16(26)6-4-14)20(23(31)24(29)32)22(30)15-9-11-27-12-10-15/h3-13,21,30H,2H2,1H3/b22-20+. The highest BCUT2D eigenvalue weighted by atomic mass is 32.1. The van der Waals surface area contributed by atoms with Gasteiger partial charge in [-0.3, -0.25) is 19.5 Å². The second kappa shape index (κ2) is 8.68. The molecule has 0 saturated carbocycles. The molecule has 1 aliphatic rings. The summed E-state index contributed by atoms with van der Waals surface area (Å²) in [5, 5.41) is 11.3. The summed E-state index contributed by atoms with van der Waals surface area (Å²) in [6.07, 6.45) is 2.95. The second-order valence-corrected chi connectivity index (χ2v) is 8.52. The predicted molar refractivity (Wildman–Crippen MR) is 126 cm³/mol. The van der Waals surface area contributed by atoms with Gasteiger partial charge in [0.05, 0.1) is 28.4 Å². The van der Waals surface area contributed by atoms with Crippen LogP contribution >= 0.6 is 11.3 Å². The quantitative estimate of drug-likeness (QED) is 0.252. The fourth-order valence-electron chi connectivity index (χ4n) is 3.91. The van der Waals surface area contributed by atoms with E-state index in [0.29, 0.717) is 29.0 Å². The monoisotopic (exact) mass is 475 g/mol. The number of pyridine rings is 1. The van der Waals surface area contributed by atoms with Crippen LogP contribution in [-0.2, 0) is 9.59 Å². The van der Waals surface area contributed by atoms with Crippen LogP contribution in [0.15, 0.2) is 72.6 Å². The number of ether oxygens (including phenoxy) is 1. The number of benzene rings is 2. The van der Waals surface area contributed by atoms with Gasteiger partial charge in [0.1, 0.15) is 17.3 Å². The molecule has 3 heterocycles. The Kier molecular flexibility index (Phi) is 5.54. The number of rotatable bonds is 5. The van der Waals surface area contributed by atoms with E-state index in [1.807, 2.05) is 13.0 Å². The molecule has 4 aromatic rings. The van der Waals surface area contributed by atoms with Crippen LogP contribution < -0.4 is 9.64 Å². The molecule has 1 aliphatic heterocycles. The maximum atomic E-state index is 13.7. The first-order valence-electron chi connectivity index (χ1n) is 10.5. The van der Waals surface area contributed by atoms with E-state index in [9.17, 15) is 19.1 Å². The van der Waals surface area contributed by atoms with Gasteiger partial charge in [-0.05, 0) is 55.0 Å². The summed E-state index contributed by atoms with van der Waals surface area (Å²) in [6, 6.07) is 12.9. The molecule has 2 aromatic heterocycles. The van der Waals surface area contributed by atoms with Crippen LogP contribution in [0.25, 0.3) is 16.0 Å². The number of hydrogen-bond acceptors (Lipinski definition) is 7. The first kappa shape index (κ1) is 21.7. The van der Waals surface area contributed by atoms with Crippen LogP contribution in [0.2, 0.25) is 0 Å². The maximum Gasteiger partial charge on any atom is 0.301 e. The molecule has 1 atom stereocenters. The number of halogens is 1. The Bertz CT molecular complexity index is 1430. The number of amides is 1. The van der Waals surface area contributed by atoms with E-state index in [1.165, 1.54) is 65.0 Å². The topological polar surface area (TPSA) is 92.6 Å². The SMILES string of the molecule is CCOc1ccc2nc(N3C(=O)C(=O)/C(=C(/O)c4ccncc4)C3c3ccc(F)cc3)sc2c1. The number of fused-ring (bicyclic) bond motifs is 1. The molecule has 0 spiro atoms. The molecule has 9 heteroatoms. The van der Waals surface area contributed by atoms with Crippen molar-refractivity contribution in [1.82, 2.24) is 9.97 Å². The van der Waals surface area contributed by atoms with Crippen LogP contribution in [0.3, 0.4) is 0 Å². The molecule has 170 valence electrons. The number of thiazole rings is 1. The largest absolute Gasteiger partial charge is 0.507 e. The van der Waals surface area contributed by atoms with Gasteiger partial charge in [0.15, 0.2) is 5.13 Å². The molecule has 1 N–H and O–H groups in total. The van der Waals surface area contributed by atoms with Crippen molar-refractivity contribution in [2.24, 2.45) is 0 Å². The van der Waals surface area contributed by atoms with E-state index < -0.39 is 23.5 Å². The van der Waals surface area contributed by atoms with Crippen molar-refractivity contribution in [2.75, 3.05) is 11.5 Å². The number of aromatic nitrogens is 2. The van der Waals surface area contributed by atoms with Crippen molar-refractivity contribution in [1.29, 1.82) is 0 Å². The summed E-state index contributed by atoms with van der Waals surface area (Å²) in [6.45, 7) is 2.39. The highest BCUT2D eigenvalue weighted by molar-refractivity contribution is 7.22. The van der Waals surface area contributed by atoms with Gasteiger partial charge < -0.3 is 9.84 Å². The van der Waals surface area contributed by atoms with Gasteiger partial charge in [-0.15, -0.1) is 0 Å². The third-order valence-corrected chi connectivity index (χ3v) is 6.47. The minimum atomic E-state index is -0.985. The number of aliphatic hydroxyl groups is 1. The molecule has 1 saturated heterocycles. The number of carbonyl (C=O) groups excluding carboxylic acids is 2. The fraction of sp³-hybridized carbons (Fsp3) is 0.120. The van der Waals surface area contributed by atoms with Gasteiger partial charge in [0.2, 0.25) is 0 Å². The number of anilines is 1. The zero-order valence-corrected chi connectivity index (χ0v) is 18.8. The lowest BCUT2D eigenvalue weighted by atomic mass is 9.95. The lowest BCUT2D eigenvalue weighted by Gasteiger charge is -2.22. The molecule has 1 unspecified atom stereocenters. The predicted octanol–water partition coefficient (Wildman–Crippen LogP) is 4.86. The zero-order valence-electron chi connectivity index (χ0n) is 17.9. The number of hydrogen-bond donors (Lipinski definition) is 1. The molecule has 0 bridgehead atoms. The van der Waals surface area contributed by atoms with E-state index >= 15 is 0 Å². The van der Waals surface area contributed by atoms with Crippen molar-refractivity contribution < 1.29 is 23.8 Å².